The molecule has 41 heavy (non-hydrogen) atoms. The van der Waals surface area contributed by atoms with Gasteiger partial charge in [-0.05, 0) is 80.8 Å². The fraction of sp³-hybridized carbons (Fsp3) is 0.355. The molecule has 1 aliphatic rings. The van der Waals surface area contributed by atoms with Gasteiger partial charge in [-0.1, -0.05) is 81.0 Å². The standard InChI is InChI=1S/C31H35Br2N3O4S/c1-22-11-17-29(18-12-22)41(39,40)36(28-15-13-25(32)14-16-28)21-30(37)35(20-24-7-6-8-26(33)19-24)23(2)31(38)34-27-9-4-3-5-10-27/h6-8,11-19,23,27H,3-5,9-10,20-21H2,1-2H3,(H,34,38)/t23-/m0/s1. The Balaban J connectivity index is 1.67. The Morgan fingerprint density at radius 2 is 1.59 bits per heavy atom. The number of nitrogens with one attached hydrogen (secondary N) is 1. The average Bonchev–Trinajstić information content (AvgIpc) is 2.95. The van der Waals surface area contributed by atoms with Gasteiger partial charge in [0.15, 0.2) is 0 Å². The van der Waals surface area contributed by atoms with Crippen molar-refractivity contribution in [1.82, 2.24) is 10.2 Å². The predicted octanol–water partition coefficient (Wildman–Crippen LogP) is 6.58. The maximum absolute atomic E-state index is 14.1. The van der Waals surface area contributed by atoms with Crippen LogP contribution >= 0.6 is 31.9 Å². The molecule has 0 saturated heterocycles. The van der Waals surface area contributed by atoms with Crippen molar-refractivity contribution in [3.05, 3.63) is 92.9 Å². The van der Waals surface area contributed by atoms with E-state index in [1.165, 1.54) is 4.90 Å². The number of nitrogens with zero attached hydrogens (tertiary/aromatic N) is 2. The number of carbonyl (C=O) groups is 2. The molecule has 2 amide bonds. The number of carbonyl (C=O) groups excluding carboxylic acids is 2. The Bertz CT molecular complexity index is 1460. The highest BCUT2D eigenvalue weighted by Gasteiger charge is 2.33. The van der Waals surface area contributed by atoms with Crippen LogP contribution in [0.1, 0.15) is 50.2 Å². The molecule has 4 rings (SSSR count). The van der Waals surface area contributed by atoms with Crippen molar-refractivity contribution in [2.45, 2.75) is 69.5 Å². The van der Waals surface area contributed by atoms with Crippen molar-refractivity contribution in [2.24, 2.45) is 0 Å². The number of rotatable bonds is 10. The van der Waals surface area contributed by atoms with Crippen molar-refractivity contribution in [3.63, 3.8) is 0 Å². The molecule has 1 saturated carbocycles. The Morgan fingerprint density at radius 3 is 2.22 bits per heavy atom. The van der Waals surface area contributed by atoms with Gasteiger partial charge < -0.3 is 10.2 Å². The molecular formula is C31H35Br2N3O4S. The smallest absolute Gasteiger partial charge is 0.264 e. The monoisotopic (exact) mass is 703 g/mol. The number of benzene rings is 3. The fourth-order valence-corrected chi connectivity index (χ4v) is 7.08. The summed E-state index contributed by atoms with van der Waals surface area (Å²) in [4.78, 5) is 29.0. The Morgan fingerprint density at radius 1 is 0.927 bits per heavy atom. The van der Waals surface area contributed by atoms with Gasteiger partial charge >= 0.3 is 0 Å². The first kappa shape index (κ1) is 31.3. The van der Waals surface area contributed by atoms with Crippen molar-refractivity contribution >= 4 is 59.4 Å². The summed E-state index contributed by atoms with van der Waals surface area (Å²) in [5.74, 6) is -0.716. The number of anilines is 1. The lowest BCUT2D eigenvalue weighted by molar-refractivity contribution is -0.139. The van der Waals surface area contributed by atoms with Crippen LogP contribution in [0.2, 0.25) is 0 Å². The molecule has 0 heterocycles. The second-order valence-corrected chi connectivity index (χ2v) is 14.2. The first-order valence-electron chi connectivity index (χ1n) is 13.7. The summed E-state index contributed by atoms with van der Waals surface area (Å²) in [5, 5.41) is 3.12. The minimum Gasteiger partial charge on any atom is -0.352 e. The molecule has 1 N–H and O–H groups in total. The number of halogens is 2. The van der Waals surface area contributed by atoms with E-state index in [2.05, 4.69) is 37.2 Å². The van der Waals surface area contributed by atoms with Gasteiger partial charge in [-0.25, -0.2) is 8.42 Å². The summed E-state index contributed by atoms with van der Waals surface area (Å²) >= 11 is 6.88. The number of sulfonamides is 1. The molecule has 0 aromatic heterocycles. The molecule has 1 atom stereocenters. The van der Waals surface area contributed by atoms with Gasteiger partial charge in [-0.15, -0.1) is 0 Å². The average molecular weight is 706 g/mol. The van der Waals surface area contributed by atoms with E-state index in [1.54, 1.807) is 55.5 Å². The van der Waals surface area contributed by atoms with Gasteiger partial charge in [0.1, 0.15) is 12.6 Å². The third-order valence-corrected chi connectivity index (χ3v) is 10.2. The van der Waals surface area contributed by atoms with E-state index >= 15 is 0 Å². The van der Waals surface area contributed by atoms with Crippen LogP contribution < -0.4 is 9.62 Å². The normalized spacial score (nSPS) is 14.7. The summed E-state index contributed by atoms with van der Waals surface area (Å²) in [6.07, 6.45) is 5.14. The van der Waals surface area contributed by atoms with Crippen molar-refractivity contribution in [3.8, 4) is 0 Å². The minimum absolute atomic E-state index is 0.0837. The summed E-state index contributed by atoms with van der Waals surface area (Å²) in [6.45, 7) is 3.27. The van der Waals surface area contributed by atoms with Crippen LogP contribution in [0.3, 0.4) is 0 Å². The van der Waals surface area contributed by atoms with E-state index in [-0.39, 0.29) is 23.4 Å². The molecule has 1 fully saturated rings. The number of hydrogen-bond donors (Lipinski definition) is 1. The number of amides is 2. The molecule has 1 aliphatic carbocycles. The lowest BCUT2D eigenvalue weighted by Crippen LogP contribution is -2.53. The van der Waals surface area contributed by atoms with E-state index in [4.69, 9.17) is 0 Å². The Labute approximate surface area is 259 Å². The van der Waals surface area contributed by atoms with Crippen LogP contribution in [0.15, 0.2) is 86.6 Å². The third kappa shape index (κ3) is 8.20. The largest absolute Gasteiger partial charge is 0.352 e. The number of aryl methyl sites for hydroxylation is 1. The second kappa shape index (κ2) is 14.0. The zero-order chi connectivity index (χ0) is 29.6. The molecule has 3 aromatic rings. The fourth-order valence-electron chi connectivity index (χ4n) is 4.96. The van der Waals surface area contributed by atoms with E-state index in [1.807, 2.05) is 31.2 Å². The maximum Gasteiger partial charge on any atom is 0.264 e. The molecule has 0 bridgehead atoms. The van der Waals surface area contributed by atoms with Gasteiger partial charge in [-0.2, -0.15) is 0 Å². The van der Waals surface area contributed by atoms with Gasteiger partial charge in [-0.3, -0.25) is 13.9 Å². The molecule has 0 unspecified atom stereocenters. The topological polar surface area (TPSA) is 86.8 Å². The lowest BCUT2D eigenvalue weighted by atomic mass is 9.95. The molecule has 10 heteroatoms. The quantitative estimate of drug-likeness (QED) is 0.258. The van der Waals surface area contributed by atoms with Crippen molar-refractivity contribution in [2.75, 3.05) is 10.8 Å². The van der Waals surface area contributed by atoms with Gasteiger partial charge in [0.25, 0.3) is 10.0 Å². The molecular weight excluding hydrogens is 670 g/mol. The van der Waals surface area contributed by atoms with E-state index < -0.39 is 28.5 Å². The summed E-state index contributed by atoms with van der Waals surface area (Å²) in [6, 6.07) is 20.1. The Kier molecular flexibility index (Phi) is 10.7. The van der Waals surface area contributed by atoms with Crippen LogP contribution in [0.25, 0.3) is 0 Å². The molecule has 0 aliphatic heterocycles. The molecule has 3 aromatic carbocycles. The van der Waals surface area contributed by atoms with E-state index in [0.717, 1.165) is 56.5 Å². The van der Waals surface area contributed by atoms with Crippen LogP contribution in [0.4, 0.5) is 5.69 Å². The van der Waals surface area contributed by atoms with Gasteiger partial charge in [0.2, 0.25) is 11.8 Å². The minimum atomic E-state index is -4.10. The summed E-state index contributed by atoms with van der Waals surface area (Å²) in [5.41, 5.74) is 2.10. The molecule has 218 valence electrons. The third-order valence-electron chi connectivity index (χ3n) is 7.36. The highest BCUT2D eigenvalue weighted by atomic mass is 79.9. The molecule has 0 spiro atoms. The highest BCUT2D eigenvalue weighted by molar-refractivity contribution is 9.10. The van der Waals surface area contributed by atoms with Gasteiger partial charge in [0, 0.05) is 21.5 Å². The predicted molar refractivity (Wildman–Crippen MR) is 169 cm³/mol. The van der Waals surface area contributed by atoms with Crippen molar-refractivity contribution < 1.29 is 18.0 Å². The summed E-state index contributed by atoms with van der Waals surface area (Å²) < 4.78 is 30.6. The van der Waals surface area contributed by atoms with Crippen LogP contribution in [-0.2, 0) is 26.2 Å². The highest BCUT2D eigenvalue weighted by Crippen LogP contribution is 2.27. The van der Waals surface area contributed by atoms with E-state index in [0.29, 0.717) is 5.69 Å². The first-order chi connectivity index (χ1) is 19.5. The van der Waals surface area contributed by atoms with Crippen LogP contribution in [0, 0.1) is 6.92 Å². The zero-order valence-electron chi connectivity index (χ0n) is 23.2. The van der Waals surface area contributed by atoms with Gasteiger partial charge in [0.05, 0.1) is 10.6 Å². The Hall–Kier alpha value is -2.69. The van der Waals surface area contributed by atoms with Crippen LogP contribution in [-0.4, -0.2) is 43.8 Å². The van der Waals surface area contributed by atoms with E-state index in [9.17, 15) is 18.0 Å². The van der Waals surface area contributed by atoms with Crippen LogP contribution in [0.5, 0.6) is 0 Å². The first-order valence-corrected chi connectivity index (χ1v) is 16.8. The molecule has 7 nitrogen and oxygen atoms in total. The second-order valence-electron chi connectivity index (χ2n) is 10.5. The maximum atomic E-state index is 14.1. The molecule has 0 radical (unpaired) electrons. The zero-order valence-corrected chi connectivity index (χ0v) is 27.2. The number of hydrogen-bond acceptors (Lipinski definition) is 4. The van der Waals surface area contributed by atoms with Crippen molar-refractivity contribution in [1.29, 1.82) is 0 Å². The summed E-state index contributed by atoms with van der Waals surface area (Å²) in [7, 11) is -4.10. The SMILES string of the molecule is Cc1ccc(S(=O)(=O)N(CC(=O)N(Cc2cccc(Br)c2)[C@@H](C)C(=O)NC2CCCCC2)c2ccc(Br)cc2)cc1. The lowest BCUT2D eigenvalue weighted by Gasteiger charge is -2.33.